The summed E-state index contributed by atoms with van der Waals surface area (Å²) in [4.78, 5) is 24.4. The molecule has 0 unspecified atom stereocenters. The van der Waals surface area contributed by atoms with E-state index in [4.69, 9.17) is 9.47 Å². The first-order chi connectivity index (χ1) is 12.8. The lowest BCUT2D eigenvalue weighted by Gasteiger charge is -2.12. The normalized spacial score (nSPS) is 12.0. The molecule has 1 heterocycles. The van der Waals surface area contributed by atoms with Crippen molar-refractivity contribution >= 4 is 23.6 Å². The van der Waals surface area contributed by atoms with Crippen molar-refractivity contribution in [3.63, 3.8) is 0 Å². The van der Waals surface area contributed by atoms with Gasteiger partial charge in [-0.25, -0.2) is 4.79 Å². The van der Waals surface area contributed by atoms with Gasteiger partial charge in [-0.05, 0) is 39.8 Å². The van der Waals surface area contributed by atoms with Crippen LogP contribution in [-0.4, -0.2) is 34.4 Å². The van der Waals surface area contributed by atoms with E-state index >= 15 is 0 Å². The van der Waals surface area contributed by atoms with Gasteiger partial charge in [-0.15, -0.1) is 0 Å². The number of amides is 1. The van der Waals surface area contributed by atoms with Gasteiger partial charge in [0, 0.05) is 18.7 Å². The van der Waals surface area contributed by atoms with E-state index in [1.54, 1.807) is 24.7 Å². The first-order valence-electron chi connectivity index (χ1n) is 8.75. The minimum absolute atomic E-state index is 0.411. The van der Waals surface area contributed by atoms with E-state index in [0.717, 1.165) is 11.3 Å². The molecule has 144 valence electrons. The highest BCUT2D eigenvalue weighted by Gasteiger charge is 2.20. The third-order valence-corrected chi connectivity index (χ3v) is 4.04. The minimum atomic E-state index is -0.941. The van der Waals surface area contributed by atoms with Gasteiger partial charge in [0.15, 0.2) is 6.10 Å². The van der Waals surface area contributed by atoms with Crippen LogP contribution < -0.4 is 10.1 Å². The fourth-order valence-electron chi connectivity index (χ4n) is 2.51. The summed E-state index contributed by atoms with van der Waals surface area (Å²) in [6, 6.07) is 7.36. The van der Waals surface area contributed by atoms with Crippen molar-refractivity contribution in [2.45, 2.75) is 33.8 Å². The number of carbonyl (C=O) groups is 2. The molecule has 0 aliphatic heterocycles. The molecule has 0 saturated carbocycles. The number of hydrogen-bond acceptors (Lipinski definition) is 5. The van der Waals surface area contributed by atoms with Gasteiger partial charge >= 0.3 is 5.97 Å². The number of hydrogen-bond donors (Lipinski definition) is 1. The highest BCUT2D eigenvalue weighted by Crippen LogP contribution is 2.20. The molecule has 2 aromatic rings. The van der Waals surface area contributed by atoms with Crippen LogP contribution in [0, 0.1) is 13.8 Å². The molecule has 1 aromatic carbocycles. The van der Waals surface area contributed by atoms with Crippen LogP contribution in [0.2, 0.25) is 0 Å². The van der Waals surface area contributed by atoms with E-state index in [9.17, 15) is 9.59 Å². The van der Waals surface area contributed by atoms with Crippen LogP contribution in [0.5, 0.6) is 5.75 Å². The predicted octanol–water partition coefficient (Wildman–Crippen LogP) is 3.02. The standard InChI is InChI=1S/C20H25N3O4/c1-6-26-17-10-8-7-9-16(17)11-12-18(24)27-15(4)20(25)21-19-13(2)22-23(5)14(19)3/h7-12,15H,6H2,1-5H3,(H,21,25)/b12-11+/t15-/m1/s1. The highest BCUT2D eigenvalue weighted by molar-refractivity contribution is 5.97. The largest absolute Gasteiger partial charge is 0.493 e. The van der Waals surface area contributed by atoms with Crippen molar-refractivity contribution in [3.8, 4) is 5.75 Å². The maximum atomic E-state index is 12.3. The smallest absolute Gasteiger partial charge is 0.331 e. The lowest BCUT2D eigenvalue weighted by Crippen LogP contribution is -2.29. The molecule has 0 saturated heterocycles. The van der Waals surface area contributed by atoms with Crippen LogP contribution >= 0.6 is 0 Å². The zero-order chi connectivity index (χ0) is 20.0. The monoisotopic (exact) mass is 371 g/mol. The second-order valence-electron chi connectivity index (χ2n) is 6.04. The molecule has 0 fully saturated rings. The summed E-state index contributed by atoms with van der Waals surface area (Å²) in [6.45, 7) is 7.60. The Morgan fingerprint density at radius 2 is 2.00 bits per heavy atom. The van der Waals surface area contributed by atoms with Gasteiger partial charge in [0.05, 0.1) is 23.7 Å². The molecule has 0 spiro atoms. The third kappa shape index (κ3) is 5.20. The quantitative estimate of drug-likeness (QED) is 0.598. The molecule has 7 nitrogen and oxygen atoms in total. The van der Waals surface area contributed by atoms with Crippen molar-refractivity contribution in [1.82, 2.24) is 9.78 Å². The molecule has 1 amide bonds. The van der Waals surface area contributed by atoms with Crippen LogP contribution in [0.15, 0.2) is 30.3 Å². The van der Waals surface area contributed by atoms with Crippen molar-refractivity contribution in [3.05, 3.63) is 47.3 Å². The fourth-order valence-corrected chi connectivity index (χ4v) is 2.51. The van der Waals surface area contributed by atoms with E-state index in [1.807, 2.05) is 38.1 Å². The van der Waals surface area contributed by atoms with Gasteiger partial charge in [-0.1, -0.05) is 18.2 Å². The first kappa shape index (κ1) is 20.2. The summed E-state index contributed by atoms with van der Waals surface area (Å²) in [7, 11) is 1.80. The maximum Gasteiger partial charge on any atom is 0.331 e. The first-order valence-corrected chi connectivity index (χ1v) is 8.75. The van der Waals surface area contributed by atoms with Crippen molar-refractivity contribution in [2.24, 2.45) is 7.05 Å². The summed E-state index contributed by atoms with van der Waals surface area (Å²) in [5, 5.41) is 7.00. The van der Waals surface area contributed by atoms with Gasteiger partial charge < -0.3 is 14.8 Å². The lowest BCUT2D eigenvalue weighted by atomic mass is 10.2. The predicted molar refractivity (Wildman–Crippen MR) is 104 cm³/mol. The van der Waals surface area contributed by atoms with E-state index in [-0.39, 0.29) is 0 Å². The number of nitrogens with one attached hydrogen (secondary N) is 1. The van der Waals surface area contributed by atoms with Gasteiger partial charge in [-0.2, -0.15) is 5.10 Å². The molecule has 1 atom stereocenters. The molecule has 0 aliphatic rings. The number of aryl methyl sites for hydroxylation is 2. The van der Waals surface area contributed by atoms with Crippen LogP contribution in [0.4, 0.5) is 5.69 Å². The number of rotatable bonds is 7. The molecule has 0 bridgehead atoms. The van der Waals surface area contributed by atoms with Gasteiger partial charge in [0.1, 0.15) is 5.75 Å². The summed E-state index contributed by atoms with van der Waals surface area (Å²) in [5.74, 6) is -0.341. The van der Waals surface area contributed by atoms with E-state index in [0.29, 0.717) is 23.7 Å². The lowest BCUT2D eigenvalue weighted by molar-refractivity contribution is -0.148. The molecule has 1 N–H and O–H groups in total. The number of carbonyl (C=O) groups excluding carboxylic acids is 2. The summed E-state index contributed by atoms with van der Waals surface area (Å²) >= 11 is 0. The molecule has 0 aliphatic carbocycles. The summed E-state index contributed by atoms with van der Waals surface area (Å²) in [5.41, 5.74) is 2.92. The fraction of sp³-hybridized carbons (Fsp3) is 0.350. The zero-order valence-corrected chi connectivity index (χ0v) is 16.3. The Hall–Kier alpha value is -3.09. The molecular formula is C20H25N3O4. The number of esters is 1. The SMILES string of the molecule is CCOc1ccccc1/C=C/C(=O)O[C@H](C)C(=O)Nc1c(C)nn(C)c1C. The van der Waals surface area contributed by atoms with Crippen molar-refractivity contribution in [1.29, 1.82) is 0 Å². The minimum Gasteiger partial charge on any atom is -0.493 e. The number of benzene rings is 1. The maximum absolute atomic E-state index is 12.3. The van der Waals surface area contributed by atoms with Crippen molar-refractivity contribution in [2.75, 3.05) is 11.9 Å². The second kappa shape index (κ2) is 9.02. The molecule has 2 rings (SSSR count). The zero-order valence-electron chi connectivity index (χ0n) is 16.3. The Labute approximate surface area is 159 Å². The molecule has 7 heteroatoms. The highest BCUT2D eigenvalue weighted by atomic mass is 16.5. The molecule has 0 radical (unpaired) electrons. The van der Waals surface area contributed by atoms with Crippen LogP contribution in [0.25, 0.3) is 6.08 Å². The molecule has 1 aromatic heterocycles. The number of ether oxygens (including phenoxy) is 2. The average molecular weight is 371 g/mol. The van der Waals surface area contributed by atoms with Crippen LogP contribution in [0.1, 0.15) is 30.8 Å². The average Bonchev–Trinajstić information content (AvgIpc) is 2.87. The Kier molecular flexibility index (Phi) is 6.76. The second-order valence-corrected chi connectivity index (χ2v) is 6.04. The van der Waals surface area contributed by atoms with E-state index in [1.165, 1.54) is 13.0 Å². The van der Waals surface area contributed by atoms with Crippen LogP contribution in [-0.2, 0) is 21.4 Å². The molecular weight excluding hydrogens is 346 g/mol. The Balaban J connectivity index is 1.98. The Morgan fingerprint density at radius 1 is 1.30 bits per heavy atom. The van der Waals surface area contributed by atoms with Gasteiger partial charge in [-0.3, -0.25) is 9.48 Å². The number of para-hydroxylation sites is 1. The number of nitrogens with zero attached hydrogens (tertiary/aromatic N) is 2. The summed E-state index contributed by atoms with van der Waals surface area (Å²) in [6.07, 6.45) is 1.94. The summed E-state index contributed by atoms with van der Waals surface area (Å²) < 4.78 is 12.4. The topological polar surface area (TPSA) is 82.4 Å². The number of anilines is 1. The molecule has 27 heavy (non-hydrogen) atoms. The Bertz CT molecular complexity index is 855. The third-order valence-electron chi connectivity index (χ3n) is 4.04. The van der Waals surface area contributed by atoms with Crippen molar-refractivity contribution < 1.29 is 19.1 Å². The van der Waals surface area contributed by atoms with Gasteiger partial charge in [0.2, 0.25) is 0 Å². The van der Waals surface area contributed by atoms with E-state index < -0.39 is 18.0 Å². The Morgan fingerprint density at radius 3 is 2.63 bits per heavy atom. The van der Waals surface area contributed by atoms with Crippen LogP contribution in [0.3, 0.4) is 0 Å². The number of aromatic nitrogens is 2. The van der Waals surface area contributed by atoms with Gasteiger partial charge in [0.25, 0.3) is 5.91 Å². The van der Waals surface area contributed by atoms with E-state index in [2.05, 4.69) is 10.4 Å².